The molecule has 0 bridgehead atoms. The number of thiophene rings is 1. The predicted molar refractivity (Wildman–Crippen MR) is 82.2 cm³/mol. The Labute approximate surface area is 126 Å². The Balaban J connectivity index is 1.75. The summed E-state index contributed by atoms with van der Waals surface area (Å²) in [6, 6.07) is 13.7. The highest BCUT2D eigenvalue weighted by atomic mass is 32.1. The molecular formula is C16H14N2O2S. The minimum atomic E-state index is -0.0992. The third kappa shape index (κ3) is 3.03. The first-order valence-corrected chi connectivity index (χ1v) is 7.45. The first-order valence-electron chi connectivity index (χ1n) is 6.57. The van der Waals surface area contributed by atoms with Crippen LogP contribution in [0.4, 0.5) is 0 Å². The number of amides is 1. The van der Waals surface area contributed by atoms with Crippen LogP contribution in [0, 0.1) is 6.92 Å². The Bertz CT molecular complexity index is 746. The highest BCUT2D eigenvalue weighted by Crippen LogP contribution is 2.28. The van der Waals surface area contributed by atoms with Crippen molar-refractivity contribution in [3.8, 4) is 11.1 Å². The summed E-state index contributed by atoms with van der Waals surface area (Å²) in [5.41, 5.74) is 2.80. The molecule has 0 atom stereocenters. The van der Waals surface area contributed by atoms with E-state index in [1.54, 1.807) is 0 Å². The van der Waals surface area contributed by atoms with E-state index in [-0.39, 0.29) is 5.91 Å². The van der Waals surface area contributed by atoms with E-state index in [1.165, 1.54) is 11.3 Å². The fourth-order valence-corrected chi connectivity index (χ4v) is 2.91. The van der Waals surface area contributed by atoms with Gasteiger partial charge in [0.25, 0.3) is 5.91 Å². The van der Waals surface area contributed by atoms with Crippen LogP contribution in [-0.2, 0) is 6.54 Å². The molecule has 106 valence electrons. The maximum atomic E-state index is 12.3. The molecule has 0 saturated heterocycles. The average molecular weight is 298 g/mol. The quantitative estimate of drug-likeness (QED) is 0.800. The number of rotatable bonds is 4. The van der Waals surface area contributed by atoms with Gasteiger partial charge in [-0.1, -0.05) is 35.5 Å². The minimum Gasteiger partial charge on any atom is -0.359 e. The van der Waals surface area contributed by atoms with Crippen LogP contribution in [0.25, 0.3) is 11.1 Å². The summed E-state index contributed by atoms with van der Waals surface area (Å²) < 4.78 is 5.09. The molecule has 0 fully saturated rings. The van der Waals surface area contributed by atoms with Gasteiger partial charge < -0.3 is 9.84 Å². The minimum absolute atomic E-state index is 0.0992. The largest absolute Gasteiger partial charge is 0.359 e. The fourth-order valence-electron chi connectivity index (χ4n) is 2.08. The highest BCUT2D eigenvalue weighted by molar-refractivity contribution is 7.12. The van der Waals surface area contributed by atoms with E-state index in [9.17, 15) is 4.79 Å². The molecule has 1 aromatic carbocycles. The smallest absolute Gasteiger partial charge is 0.262 e. The van der Waals surface area contributed by atoms with Crippen molar-refractivity contribution in [2.75, 3.05) is 0 Å². The fraction of sp³-hybridized carbons (Fsp3) is 0.125. The van der Waals surface area contributed by atoms with Gasteiger partial charge >= 0.3 is 0 Å². The van der Waals surface area contributed by atoms with Crippen LogP contribution in [0.5, 0.6) is 0 Å². The number of nitrogens with zero attached hydrogens (tertiary/aromatic N) is 1. The van der Waals surface area contributed by atoms with Gasteiger partial charge in [-0.25, -0.2) is 0 Å². The number of carbonyl (C=O) groups is 1. The van der Waals surface area contributed by atoms with Crippen molar-refractivity contribution in [3.63, 3.8) is 0 Å². The number of benzene rings is 1. The van der Waals surface area contributed by atoms with Crippen LogP contribution < -0.4 is 5.32 Å². The molecule has 0 spiro atoms. The average Bonchev–Trinajstić information content (AvgIpc) is 3.14. The maximum Gasteiger partial charge on any atom is 0.262 e. The number of hydrogen-bond acceptors (Lipinski definition) is 4. The lowest BCUT2D eigenvalue weighted by Gasteiger charge is -2.04. The molecule has 1 amide bonds. The number of carbonyl (C=O) groups excluding carboxylic acids is 1. The van der Waals surface area contributed by atoms with Crippen LogP contribution in [0.15, 0.2) is 52.4 Å². The second-order valence-corrected chi connectivity index (χ2v) is 5.56. The van der Waals surface area contributed by atoms with Gasteiger partial charge in [0.1, 0.15) is 0 Å². The second kappa shape index (κ2) is 5.93. The van der Waals surface area contributed by atoms with Crippen molar-refractivity contribution in [1.82, 2.24) is 10.5 Å². The summed E-state index contributed by atoms with van der Waals surface area (Å²) >= 11 is 1.43. The van der Waals surface area contributed by atoms with Gasteiger partial charge in [0.05, 0.1) is 17.1 Å². The zero-order valence-electron chi connectivity index (χ0n) is 11.5. The summed E-state index contributed by atoms with van der Waals surface area (Å²) in [4.78, 5) is 13.0. The molecule has 0 aliphatic rings. The normalized spacial score (nSPS) is 10.5. The molecule has 0 aliphatic carbocycles. The van der Waals surface area contributed by atoms with Gasteiger partial charge in [0, 0.05) is 11.6 Å². The SMILES string of the molecule is Cc1cc(CNC(=O)c2sccc2-c2ccccc2)on1. The molecule has 21 heavy (non-hydrogen) atoms. The number of hydrogen-bond donors (Lipinski definition) is 1. The summed E-state index contributed by atoms with van der Waals surface area (Å²) in [6.45, 7) is 2.19. The molecule has 0 saturated carbocycles. The van der Waals surface area contributed by atoms with E-state index in [2.05, 4.69) is 10.5 Å². The molecule has 0 aliphatic heterocycles. The molecule has 4 nitrogen and oxygen atoms in total. The third-order valence-electron chi connectivity index (χ3n) is 3.06. The monoisotopic (exact) mass is 298 g/mol. The first-order chi connectivity index (χ1) is 10.2. The Morgan fingerprint density at radius 2 is 2.10 bits per heavy atom. The molecule has 3 rings (SSSR count). The van der Waals surface area contributed by atoms with Crippen LogP contribution >= 0.6 is 11.3 Å². The summed E-state index contributed by atoms with van der Waals surface area (Å²) in [7, 11) is 0. The summed E-state index contributed by atoms with van der Waals surface area (Å²) in [5.74, 6) is 0.552. The van der Waals surface area contributed by atoms with Crippen molar-refractivity contribution < 1.29 is 9.32 Å². The summed E-state index contributed by atoms with van der Waals surface area (Å²) in [6.07, 6.45) is 0. The maximum absolute atomic E-state index is 12.3. The molecule has 0 unspecified atom stereocenters. The van der Waals surface area contributed by atoms with Gasteiger partial charge in [0.15, 0.2) is 5.76 Å². The Hall–Kier alpha value is -2.40. The van der Waals surface area contributed by atoms with Crippen molar-refractivity contribution in [3.05, 3.63) is 64.2 Å². The lowest BCUT2D eigenvalue weighted by atomic mass is 10.1. The Morgan fingerprint density at radius 3 is 2.81 bits per heavy atom. The van der Waals surface area contributed by atoms with Gasteiger partial charge in [-0.3, -0.25) is 4.79 Å². The number of aromatic nitrogens is 1. The van der Waals surface area contributed by atoms with Gasteiger partial charge in [-0.15, -0.1) is 11.3 Å². The lowest BCUT2D eigenvalue weighted by Crippen LogP contribution is -2.22. The van der Waals surface area contributed by atoms with Crippen LogP contribution in [-0.4, -0.2) is 11.1 Å². The molecule has 1 N–H and O–H groups in total. The van der Waals surface area contributed by atoms with Gasteiger partial charge in [0.2, 0.25) is 0 Å². The van der Waals surface area contributed by atoms with E-state index in [0.29, 0.717) is 17.2 Å². The Kier molecular flexibility index (Phi) is 3.83. The van der Waals surface area contributed by atoms with Crippen molar-refractivity contribution in [2.24, 2.45) is 0 Å². The van der Waals surface area contributed by atoms with Gasteiger partial charge in [-0.2, -0.15) is 0 Å². The van der Waals surface area contributed by atoms with Crippen LogP contribution in [0.3, 0.4) is 0 Å². The first kappa shape index (κ1) is 13.6. The topological polar surface area (TPSA) is 55.1 Å². The molecule has 2 aromatic heterocycles. The Morgan fingerprint density at radius 1 is 1.29 bits per heavy atom. The van der Waals surface area contributed by atoms with E-state index in [4.69, 9.17) is 4.52 Å². The molecule has 0 radical (unpaired) electrons. The zero-order valence-corrected chi connectivity index (χ0v) is 12.3. The zero-order chi connectivity index (χ0) is 14.7. The standard InChI is InChI=1S/C16H14N2O2S/c1-11-9-13(20-18-11)10-17-16(19)15-14(7-8-21-15)12-5-3-2-4-6-12/h2-9H,10H2,1H3,(H,17,19). The molecule has 2 heterocycles. The van der Waals surface area contributed by atoms with Crippen molar-refractivity contribution in [1.29, 1.82) is 0 Å². The van der Waals surface area contributed by atoms with Gasteiger partial charge in [-0.05, 0) is 23.9 Å². The van der Waals surface area contributed by atoms with E-state index >= 15 is 0 Å². The van der Waals surface area contributed by atoms with E-state index in [0.717, 1.165) is 16.8 Å². The summed E-state index contributed by atoms with van der Waals surface area (Å²) in [5, 5.41) is 8.59. The number of aryl methyl sites for hydroxylation is 1. The molecule has 3 aromatic rings. The lowest BCUT2D eigenvalue weighted by molar-refractivity contribution is 0.0951. The predicted octanol–water partition coefficient (Wildman–Crippen LogP) is 3.64. The second-order valence-electron chi connectivity index (χ2n) is 4.65. The van der Waals surface area contributed by atoms with E-state index in [1.807, 2.05) is 54.8 Å². The van der Waals surface area contributed by atoms with Crippen molar-refractivity contribution >= 4 is 17.2 Å². The molecular weight excluding hydrogens is 284 g/mol. The number of nitrogens with one attached hydrogen (secondary N) is 1. The van der Waals surface area contributed by atoms with E-state index < -0.39 is 0 Å². The van der Waals surface area contributed by atoms with Crippen molar-refractivity contribution in [2.45, 2.75) is 13.5 Å². The third-order valence-corrected chi connectivity index (χ3v) is 3.97. The molecule has 5 heteroatoms. The highest BCUT2D eigenvalue weighted by Gasteiger charge is 2.14. The van der Waals surface area contributed by atoms with Crippen LogP contribution in [0.1, 0.15) is 21.1 Å². The van der Waals surface area contributed by atoms with Crippen LogP contribution in [0.2, 0.25) is 0 Å².